The molecule has 2 rings (SSSR count). The first kappa shape index (κ1) is 15.3. The van der Waals surface area contributed by atoms with Gasteiger partial charge in [0.25, 0.3) is 5.91 Å². The number of amides is 1. The second-order valence-corrected chi connectivity index (χ2v) is 5.09. The van der Waals surface area contributed by atoms with Gasteiger partial charge in [-0.2, -0.15) is 0 Å². The quantitative estimate of drug-likeness (QED) is 0.866. The Balaban J connectivity index is 2.20. The van der Waals surface area contributed by atoms with Gasteiger partial charge in [0.05, 0.1) is 17.1 Å². The maximum absolute atomic E-state index is 12.3. The van der Waals surface area contributed by atoms with Crippen LogP contribution < -0.4 is 15.4 Å². The molecule has 1 amide bonds. The highest BCUT2D eigenvalue weighted by Crippen LogP contribution is 2.28. The van der Waals surface area contributed by atoms with Crippen LogP contribution in [0, 0.1) is 0 Å². The number of halogens is 1. The lowest BCUT2D eigenvalue weighted by Crippen LogP contribution is -2.15. The number of anilines is 2. The first-order valence-electron chi connectivity index (χ1n) is 6.49. The summed E-state index contributed by atoms with van der Waals surface area (Å²) in [6.07, 6.45) is 1.65. The van der Waals surface area contributed by atoms with E-state index in [9.17, 15) is 4.79 Å². The van der Waals surface area contributed by atoms with Gasteiger partial charge in [0.15, 0.2) is 0 Å². The molecule has 0 spiro atoms. The maximum Gasteiger partial charge on any atom is 0.259 e. The van der Waals surface area contributed by atoms with Crippen molar-refractivity contribution in [2.45, 2.75) is 6.92 Å². The number of pyridine rings is 1. The summed E-state index contributed by atoms with van der Waals surface area (Å²) in [5.74, 6) is 1.07. The lowest BCUT2D eigenvalue weighted by atomic mass is 10.2. The topological polar surface area (TPSA) is 63.2 Å². The Bertz CT molecular complexity index is 647. The first-order valence-corrected chi connectivity index (χ1v) is 7.28. The van der Waals surface area contributed by atoms with Gasteiger partial charge in [-0.15, -0.1) is 0 Å². The monoisotopic (exact) mass is 349 g/mol. The molecule has 5 nitrogen and oxygen atoms in total. The third kappa shape index (κ3) is 3.72. The molecular weight excluding hydrogens is 334 g/mol. The maximum atomic E-state index is 12.3. The highest BCUT2D eigenvalue weighted by Gasteiger charge is 2.12. The van der Waals surface area contributed by atoms with E-state index in [1.807, 2.05) is 6.92 Å². The molecule has 0 atom stereocenters. The third-order valence-corrected chi connectivity index (χ3v) is 3.43. The van der Waals surface area contributed by atoms with Gasteiger partial charge in [0.2, 0.25) is 0 Å². The van der Waals surface area contributed by atoms with Crippen molar-refractivity contribution >= 4 is 33.3 Å². The normalized spacial score (nSPS) is 10.0. The van der Waals surface area contributed by atoms with Crippen molar-refractivity contribution in [2.75, 3.05) is 24.3 Å². The zero-order valence-corrected chi connectivity index (χ0v) is 13.4. The molecule has 0 aliphatic rings. The molecule has 1 aromatic carbocycles. The van der Waals surface area contributed by atoms with Crippen LogP contribution in [0.2, 0.25) is 0 Å². The molecule has 1 aromatic heterocycles. The number of methoxy groups -OCH3 is 1. The first-order chi connectivity index (χ1) is 10.2. The number of aromatic nitrogens is 1. The van der Waals surface area contributed by atoms with E-state index < -0.39 is 0 Å². The fourth-order valence-electron chi connectivity index (χ4n) is 1.84. The van der Waals surface area contributed by atoms with Gasteiger partial charge in [-0.3, -0.25) is 4.79 Å². The lowest BCUT2D eigenvalue weighted by molar-refractivity contribution is 0.102. The lowest BCUT2D eigenvalue weighted by Gasteiger charge is -2.11. The van der Waals surface area contributed by atoms with Crippen molar-refractivity contribution in [3.05, 3.63) is 46.6 Å². The van der Waals surface area contributed by atoms with Gasteiger partial charge in [-0.05, 0) is 53.2 Å². The molecule has 21 heavy (non-hydrogen) atoms. The highest BCUT2D eigenvalue weighted by molar-refractivity contribution is 9.10. The number of nitrogens with zero attached hydrogens (tertiary/aromatic N) is 1. The number of hydrogen-bond donors (Lipinski definition) is 2. The predicted octanol–water partition coefficient (Wildman–Crippen LogP) is 3.54. The van der Waals surface area contributed by atoms with E-state index in [1.165, 1.54) is 0 Å². The number of ether oxygens (including phenoxy) is 1. The van der Waals surface area contributed by atoms with E-state index in [-0.39, 0.29) is 5.91 Å². The molecular formula is C15H16BrN3O2. The number of rotatable bonds is 5. The Morgan fingerprint density at radius 3 is 2.86 bits per heavy atom. The van der Waals surface area contributed by atoms with E-state index in [2.05, 4.69) is 31.5 Å². The van der Waals surface area contributed by atoms with Gasteiger partial charge in [0, 0.05) is 18.4 Å². The van der Waals surface area contributed by atoms with Crippen LogP contribution in [-0.4, -0.2) is 24.5 Å². The summed E-state index contributed by atoms with van der Waals surface area (Å²) in [5, 5.41) is 5.92. The molecule has 0 aliphatic heterocycles. The van der Waals surface area contributed by atoms with E-state index in [4.69, 9.17) is 4.74 Å². The Labute approximate surface area is 131 Å². The Morgan fingerprint density at radius 2 is 2.19 bits per heavy atom. The van der Waals surface area contributed by atoms with Gasteiger partial charge < -0.3 is 15.4 Å². The zero-order valence-electron chi connectivity index (χ0n) is 11.8. The summed E-state index contributed by atoms with van der Waals surface area (Å²) in [5.41, 5.74) is 1.19. The molecule has 0 radical (unpaired) electrons. The molecule has 0 bridgehead atoms. The molecule has 2 aromatic rings. The van der Waals surface area contributed by atoms with Crippen LogP contribution in [-0.2, 0) is 0 Å². The average Bonchev–Trinajstić information content (AvgIpc) is 2.48. The van der Waals surface area contributed by atoms with Crippen LogP contribution in [0.3, 0.4) is 0 Å². The molecule has 0 aliphatic carbocycles. The van der Waals surface area contributed by atoms with E-state index in [1.54, 1.807) is 43.6 Å². The second kappa shape index (κ2) is 7.08. The highest BCUT2D eigenvalue weighted by atomic mass is 79.9. The van der Waals surface area contributed by atoms with Crippen LogP contribution >= 0.6 is 15.9 Å². The summed E-state index contributed by atoms with van der Waals surface area (Å²) in [7, 11) is 1.59. The molecule has 6 heteroatoms. The minimum absolute atomic E-state index is 0.212. The van der Waals surface area contributed by atoms with Crippen molar-refractivity contribution in [2.24, 2.45) is 0 Å². The molecule has 1 heterocycles. The average molecular weight is 350 g/mol. The number of carbonyl (C=O) groups is 1. The number of hydrogen-bond acceptors (Lipinski definition) is 4. The molecule has 110 valence electrons. The summed E-state index contributed by atoms with van der Waals surface area (Å²) < 4.78 is 5.94. The smallest absolute Gasteiger partial charge is 0.259 e. The number of nitrogens with one attached hydrogen (secondary N) is 2. The second-order valence-electron chi connectivity index (χ2n) is 4.23. The van der Waals surface area contributed by atoms with Crippen LogP contribution in [0.4, 0.5) is 11.5 Å². The van der Waals surface area contributed by atoms with Gasteiger partial charge in [0.1, 0.15) is 11.6 Å². The zero-order chi connectivity index (χ0) is 15.2. The molecule has 0 unspecified atom stereocenters. The van der Waals surface area contributed by atoms with E-state index in [0.29, 0.717) is 29.4 Å². The molecule has 2 N–H and O–H groups in total. The fourth-order valence-corrected chi connectivity index (χ4v) is 2.38. The minimum Gasteiger partial charge on any atom is -0.496 e. The van der Waals surface area contributed by atoms with Gasteiger partial charge in [-0.25, -0.2) is 4.98 Å². The largest absolute Gasteiger partial charge is 0.496 e. The van der Waals surface area contributed by atoms with Crippen LogP contribution in [0.5, 0.6) is 5.75 Å². The molecule has 0 saturated carbocycles. The van der Waals surface area contributed by atoms with Crippen LogP contribution in [0.25, 0.3) is 0 Å². The van der Waals surface area contributed by atoms with Crippen LogP contribution in [0.1, 0.15) is 17.3 Å². The Hall–Kier alpha value is -2.08. The summed E-state index contributed by atoms with van der Waals surface area (Å²) in [6, 6.07) is 8.83. The number of benzene rings is 1. The van der Waals surface area contributed by atoms with Crippen molar-refractivity contribution in [1.29, 1.82) is 0 Å². The fraction of sp³-hybridized carbons (Fsp3) is 0.200. The molecule has 0 fully saturated rings. The minimum atomic E-state index is -0.212. The van der Waals surface area contributed by atoms with E-state index >= 15 is 0 Å². The standard InChI is InChI=1S/C15H16BrN3O2/c1-3-17-14-11(5-4-8-18-14)15(20)19-10-6-7-13(21-2)12(16)9-10/h4-9H,3H2,1-2H3,(H,17,18)(H,19,20). The molecule has 0 saturated heterocycles. The van der Waals surface area contributed by atoms with Crippen LogP contribution in [0.15, 0.2) is 41.0 Å². The SMILES string of the molecule is CCNc1ncccc1C(=O)Nc1ccc(OC)c(Br)c1. The Kier molecular flexibility index (Phi) is 5.16. The summed E-state index contributed by atoms with van der Waals surface area (Å²) in [4.78, 5) is 16.5. The van der Waals surface area contributed by atoms with Crippen molar-refractivity contribution < 1.29 is 9.53 Å². The summed E-state index contributed by atoms with van der Waals surface area (Å²) in [6.45, 7) is 2.66. The van der Waals surface area contributed by atoms with E-state index in [0.717, 1.165) is 4.47 Å². The van der Waals surface area contributed by atoms with Gasteiger partial charge in [-0.1, -0.05) is 0 Å². The van der Waals surface area contributed by atoms with Crippen molar-refractivity contribution in [3.63, 3.8) is 0 Å². The van der Waals surface area contributed by atoms with Crippen molar-refractivity contribution in [1.82, 2.24) is 4.98 Å². The number of carbonyl (C=O) groups excluding carboxylic acids is 1. The third-order valence-electron chi connectivity index (χ3n) is 2.81. The summed E-state index contributed by atoms with van der Waals surface area (Å²) >= 11 is 3.39. The Morgan fingerprint density at radius 1 is 1.38 bits per heavy atom. The van der Waals surface area contributed by atoms with Crippen molar-refractivity contribution in [3.8, 4) is 5.75 Å². The predicted molar refractivity (Wildman–Crippen MR) is 87.0 cm³/mol. The van der Waals surface area contributed by atoms with Gasteiger partial charge >= 0.3 is 0 Å².